The van der Waals surface area contributed by atoms with Crippen molar-refractivity contribution in [2.75, 3.05) is 0 Å². The molecule has 0 radical (unpaired) electrons. The Bertz CT molecular complexity index is 847. The zero-order chi connectivity index (χ0) is 15.5. The van der Waals surface area contributed by atoms with Crippen LogP contribution < -0.4 is 5.69 Å². The van der Waals surface area contributed by atoms with Crippen molar-refractivity contribution in [3.8, 4) is 0 Å². The molecule has 5 nitrogen and oxygen atoms in total. The lowest BCUT2D eigenvalue weighted by Crippen LogP contribution is -2.28. The lowest BCUT2D eigenvalue weighted by atomic mass is 10.2. The molecule has 3 rings (SSSR count). The number of hydrogen-bond donors (Lipinski definition) is 0. The summed E-state index contributed by atoms with van der Waals surface area (Å²) in [5, 5.41) is 9.39. The number of rotatable bonds is 6. The zero-order valence-electron chi connectivity index (χ0n) is 13.2. The van der Waals surface area contributed by atoms with Gasteiger partial charge in [0.2, 0.25) is 0 Å². The van der Waals surface area contributed by atoms with Crippen LogP contribution in [-0.4, -0.2) is 19.2 Å². The Labute approximate surface area is 129 Å². The fourth-order valence-corrected chi connectivity index (χ4v) is 2.96. The molecule has 0 aliphatic heterocycles. The molecule has 1 aromatic carbocycles. The van der Waals surface area contributed by atoms with Crippen molar-refractivity contribution >= 4 is 16.6 Å². The summed E-state index contributed by atoms with van der Waals surface area (Å²) in [7, 11) is 0. The third-order valence-electron chi connectivity index (χ3n) is 4.14. The van der Waals surface area contributed by atoms with Crippen LogP contribution in [0.3, 0.4) is 0 Å². The van der Waals surface area contributed by atoms with Crippen LogP contribution in [-0.2, 0) is 13.0 Å². The predicted molar refractivity (Wildman–Crippen MR) is 88.3 cm³/mol. The molecule has 0 N–H and O–H groups in total. The molecule has 0 unspecified atom stereocenters. The summed E-state index contributed by atoms with van der Waals surface area (Å²) in [6.45, 7) is 4.94. The molecule has 0 atom stereocenters. The summed E-state index contributed by atoms with van der Waals surface area (Å²) in [4.78, 5) is 12.9. The topological polar surface area (TPSA) is 52.2 Å². The fourth-order valence-electron chi connectivity index (χ4n) is 2.96. The van der Waals surface area contributed by atoms with E-state index in [2.05, 4.69) is 17.1 Å². The summed E-state index contributed by atoms with van der Waals surface area (Å²) >= 11 is 0. The molecule has 2 aromatic heterocycles. The second-order valence-electron chi connectivity index (χ2n) is 5.64. The minimum absolute atomic E-state index is 0.0213. The Morgan fingerprint density at radius 1 is 1.05 bits per heavy atom. The van der Waals surface area contributed by atoms with Gasteiger partial charge in [0, 0.05) is 18.4 Å². The molecule has 0 fully saturated rings. The first-order valence-corrected chi connectivity index (χ1v) is 8.13. The lowest BCUT2D eigenvalue weighted by Gasteiger charge is -2.11. The highest BCUT2D eigenvalue weighted by Gasteiger charge is 2.14. The first-order valence-electron chi connectivity index (χ1n) is 8.13. The van der Waals surface area contributed by atoms with Crippen LogP contribution in [0.4, 0.5) is 0 Å². The number of benzene rings is 1. The van der Waals surface area contributed by atoms with E-state index < -0.39 is 0 Å². The monoisotopic (exact) mass is 298 g/mol. The molecule has 3 aromatic rings. The highest BCUT2D eigenvalue weighted by Crippen LogP contribution is 2.18. The van der Waals surface area contributed by atoms with E-state index in [9.17, 15) is 4.79 Å². The number of aryl methyl sites for hydroxylation is 2. The summed E-state index contributed by atoms with van der Waals surface area (Å²) in [6, 6.07) is 7.96. The number of hydrogen-bond acceptors (Lipinski definition) is 3. The quantitative estimate of drug-likeness (QED) is 0.657. The second kappa shape index (κ2) is 6.30. The van der Waals surface area contributed by atoms with Gasteiger partial charge in [0.05, 0.1) is 5.52 Å². The van der Waals surface area contributed by atoms with Gasteiger partial charge in [0.25, 0.3) is 0 Å². The lowest BCUT2D eigenvalue weighted by molar-refractivity contribution is 0.570. The van der Waals surface area contributed by atoms with E-state index in [1.54, 1.807) is 4.40 Å². The molecule has 0 saturated carbocycles. The van der Waals surface area contributed by atoms with E-state index in [1.807, 2.05) is 35.8 Å². The maximum atomic E-state index is 12.9. The van der Waals surface area contributed by atoms with Gasteiger partial charge in [-0.1, -0.05) is 45.2 Å². The van der Waals surface area contributed by atoms with Crippen molar-refractivity contribution in [2.45, 2.75) is 52.5 Å². The molecule has 0 aliphatic rings. The Balaban J connectivity index is 2.18. The molecule has 2 heterocycles. The van der Waals surface area contributed by atoms with E-state index in [4.69, 9.17) is 0 Å². The van der Waals surface area contributed by atoms with E-state index in [1.165, 1.54) is 12.8 Å². The normalized spacial score (nSPS) is 11.5. The predicted octanol–water partition coefficient (Wildman–Crippen LogP) is 3.19. The van der Waals surface area contributed by atoms with E-state index >= 15 is 0 Å². The zero-order valence-corrected chi connectivity index (χ0v) is 13.2. The maximum absolute atomic E-state index is 12.9. The molecular weight excluding hydrogens is 276 g/mol. The van der Waals surface area contributed by atoms with Crippen LogP contribution in [0, 0.1) is 0 Å². The number of para-hydroxylation sites is 1. The summed E-state index contributed by atoms with van der Waals surface area (Å²) in [5.41, 5.74) is 1.60. The highest BCUT2D eigenvalue weighted by molar-refractivity contribution is 5.91. The van der Waals surface area contributed by atoms with Crippen molar-refractivity contribution in [3.05, 3.63) is 40.6 Å². The minimum Gasteiger partial charge on any atom is -0.293 e. The SMILES string of the molecule is CCCCCCn1c(=O)n2c(CC)nnc2c2ccccc21. The third kappa shape index (κ3) is 2.40. The van der Waals surface area contributed by atoms with Gasteiger partial charge in [-0.25, -0.2) is 9.20 Å². The van der Waals surface area contributed by atoms with Crippen molar-refractivity contribution in [2.24, 2.45) is 0 Å². The van der Waals surface area contributed by atoms with Gasteiger partial charge in [-0.15, -0.1) is 10.2 Å². The largest absolute Gasteiger partial charge is 0.335 e. The van der Waals surface area contributed by atoms with Crippen LogP contribution in [0.25, 0.3) is 16.6 Å². The van der Waals surface area contributed by atoms with Crippen molar-refractivity contribution in [1.82, 2.24) is 19.2 Å². The van der Waals surface area contributed by atoms with Crippen molar-refractivity contribution in [3.63, 3.8) is 0 Å². The average molecular weight is 298 g/mol. The van der Waals surface area contributed by atoms with E-state index in [0.717, 1.165) is 36.1 Å². The fraction of sp³-hybridized carbons (Fsp3) is 0.471. The summed E-state index contributed by atoms with van der Waals surface area (Å²) < 4.78 is 3.54. The first kappa shape index (κ1) is 14.8. The molecule has 0 spiro atoms. The molecule has 0 amide bonds. The molecule has 0 aliphatic carbocycles. The van der Waals surface area contributed by atoms with Crippen LogP contribution >= 0.6 is 0 Å². The second-order valence-corrected chi connectivity index (χ2v) is 5.64. The number of nitrogens with zero attached hydrogens (tertiary/aromatic N) is 4. The average Bonchev–Trinajstić information content (AvgIpc) is 2.98. The Morgan fingerprint density at radius 2 is 1.86 bits per heavy atom. The maximum Gasteiger partial charge on any atom is 0.335 e. The molecular formula is C17H22N4O. The van der Waals surface area contributed by atoms with Crippen LogP contribution in [0.1, 0.15) is 45.4 Å². The Kier molecular flexibility index (Phi) is 4.22. The van der Waals surface area contributed by atoms with Gasteiger partial charge >= 0.3 is 5.69 Å². The van der Waals surface area contributed by atoms with E-state index in [-0.39, 0.29) is 5.69 Å². The van der Waals surface area contributed by atoms with Crippen LogP contribution in [0.15, 0.2) is 29.1 Å². The Hall–Kier alpha value is -2.17. The number of aromatic nitrogens is 4. The number of fused-ring (bicyclic) bond motifs is 3. The summed E-state index contributed by atoms with van der Waals surface area (Å²) in [5.74, 6) is 0.730. The van der Waals surface area contributed by atoms with Crippen LogP contribution in [0.2, 0.25) is 0 Å². The molecule has 5 heteroatoms. The molecule has 22 heavy (non-hydrogen) atoms. The van der Waals surface area contributed by atoms with Gasteiger partial charge in [-0.2, -0.15) is 0 Å². The number of unbranched alkanes of at least 4 members (excludes halogenated alkanes) is 3. The van der Waals surface area contributed by atoms with Gasteiger partial charge in [0.1, 0.15) is 5.82 Å². The standard InChI is InChI=1S/C17H22N4O/c1-3-5-6-9-12-20-14-11-8-7-10-13(14)16-19-18-15(4-2)21(16)17(20)22/h7-8,10-11H,3-6,9,12H2,1-2H3. The van der Waals surface area contributed by atoms with Crippen LogP contribution in [0.5, 0.6) is 0 Å². The molecule has 0 saturated heterocycles. The minimum atomic E-state index is -0.0213. The van der Waals surface area contributed by atoms with Crippen molar-refractivity contribution in [1.29, 1.82) is 0 Å². The summed E-state index contributed by atoms with van der Waals surface area (Å²) in [6.07, 6.45) is 5.28. The van der Waals surface area contributed by atoms with Gasteiger partial charge in [-0.3, -0.25) is 4.57 Å². The molecule has 0 bridgehead atoms. The smallest absolute Gasteiger partial charge is 0.293 e. The van der Waals surface area contributed by atoms with Gasteiger partial charge in [0.15, 0.2) is 5.65 Å². The molecule has 116 valence electrons. The third-order valence-corrected chi connectivity index (χ3v) is 4.14. The van der Waals surface area contributed by atoms with E-state index in [0.29, 0.717) is 12.1 Å². The highest BCUT2D eigenvalue weighted by atomic mass is 16.1. The van der Waals surface area contributed by atoms with Gasteiger partial charge in [-0.05, 0) is 18.6 Å². The Morgan fingerprint density at radius 3 is 2.64 bits per heavy atom. The first-order chi connectivity index (χ1) is 10.8. The van der Waals surface area contributed by atoms with Gasteiger partial charge < -0.3 is 0 Å². The van der Waals surface area contributed by atoms with Crippen molar-refractivity contribution < 1.29 is 0 Å².